The van der Waals surface area contributed by atoms with Gasteiger partial charge in [0.25, 0.3) is 0 Å². The molecule has 5 nitrogen and oxygen atoms in total. The normalized spacial score (nSPS) is 11.9. The van der Waals surface area contributed by atoms with Crippen molar-refractivity contribution in [1.29, 1.82) is 0 Å². The fourth-order valence-corrected chi connectivity index (χ4v) is 1.33. The van der Waals surface area contributed by atoms with Crippen LogP contribution in [0.1, 0.15) is 25.2 Å². The van der Waals surface area contributed by atoms with Gasteiger partial charge in [-0.25, -0.2) is 5.84 Å². The van der Waals surface area contributed by atoms with E-state index in [-0.39, 0.29) is 0 Å². The largest absolute Gasteiger partial charge is 0.307 e. The second kappa shape index (κ2) is 4.76. The highest BCUT2D eigenvalue weighted by atomic mass is 15.3. The van der Waals surface area contributed by atoms with Crippen molar-refractivity contribution < 1.29 is 0 Å². The summed E-state index contributed by atoms with van der Waals surface area (Å²) in [5, 5.41) is 4.40. The Labute approximate surface area is 84.0 Å². The topological polar surface area (TPSA) is 68.2 Å². The Morgan fingerprint density at radius 2 is 2.36 bits per heavy atom. The summed E-state index contributed by atoms with van der Waals surface area (Å²) in [5.74, 6) is 6.03. The minimum absolute atomic E-state index is 0.666. The van der Waals surface area contributed by atoms with Gasteiger partial charge in [-0.1, -0.05) is 6.92 Å². The minimum Gasteiger partial charge on any atom is -0.307 e. The van der Waals surface area contributed by atoms with E-state index in [1.54, 1.807) is 7.05 Å². The molecule has 0 aliphatic carbocycles. The number of nitrogens with two attached hydrogens (primary N) is 1. The van der Waals surface area contributed by atoms with E-state index in [2.05, 4.69) is 22.4 Å². The van der Waals surface area contributed by atoms with Crippen LogP contribution in [0.25, 0.3) is 0 Å². The van der Waals surface area contributed by atoms with Crippen molar-refractivity contribution in [1.82, 2.24) is 15.2 Å². The number of aromatic nitrogens is 2. The number of nitrogens with zero attached hydrogens (tertiary/aromatic N) is 3. The van der Waals surface area contributed by atoms with E-state index < -0.39 is 0 Å². The molecule has 1 heterocycles. The van der Waals surface area contributed by atoms with Crippen molar-refractivity contribution in [3.63, 3.8) is 0 Å². The number of hydrazine groups is 1. The molecule has 0 fully saturated rings. The molecule has 0 radical (unpaired) electrons. The number of amidine groups is 1. The van der Waals surface area contributed by atoms with Gasteiger partial charge in [-0.15, -0.1) is 0 Å². The number of nitrogens with one attached hydrogen (secondary N) is 1. The summed E-state index contributed by atoms with van der Waals surface area (Å²) in [4.78, 5) is 4.05. The third kappa shape index (κ3) is 1.93. The Balaban J connectivity index is 3.11. The number of aliphatic imine (C=N–C) groups is 1. The molecule has 0 saturated carbocycles. The highest BCUT2D eigenvalue weighted by Gasteiger charge is 2.09. The predicted octanol–water partition coefficient (Wildman–Crippen LogP) is 0.305. The quantitative estimate of drug-likeness (QED) is 0.315. The van der Waals surface area contributed by atoms with Crippen molar-refractivity contribution in [3.8, 4) is 0 Å². The van der Waals surface area contributed by atoms with Crippen LogP contribution in [0.3, 0.4) is 0 Å². The number of hydrogen-bond donors (Lipinski definition) is 2. The molecule has 0 amide bonds. The van der Waals surface area contributed by atoms with Gasteiger partial charge in [0.05, 0.1) is 5.69 Å². The van der Waals surface area contributed by atoms with Crippen LogP contribution in [0.5, 0.6) is 0 Å². The molecular weight excluding hydrogens is 178 g/mol. The van der Waals surface area contributed by atoms with E-state index in [4.69, 9.17) is 5.84 Å². The van der Waals surface area contributed by atoms with Crippen molar-refractivity contribution in [2.24, 2.45) is 10.8 Å². The summed E-state index contributed by atoms with van der Waals surface area (Å²) < 4.78 is 1.89. The van der Waals surface area contributed by atoms with Crippen LogP contribution in [-0.2, 0) is 13.0 Å². The Morgan fingerprint density at radius 3 is 2.79 bits per heavy atom. The fourth-order valence-electron chi connectivity index (χ4n) is 1.33. The number of rotatable bonds is 3. The molecule has 0 aliphatic heterocycles. The van der Waals surface area contributed by atoms with E-state index in [9.17, 15) is 0 Å². The molecule has 0 aliphatic rings. The van der Waals surface area contributed by atoms with Gasteiger partial charge in [0.15, 0.2) is 5.84 Å². The molecule has 1 rings (SSSR count). The van der Waals surface area contributed by atoms with Crippen LogP contribution < -0.4 is 11.3 Å². The SMILES string of the molecule is CCc1cc(C(=NC)NN)n(CC)n1. The zero-order valence-electron chi connectivity index (χ0n) is 8.91. The summed E-state index contributed by atoms with van der Waals surface area (Å²) >= 11 is 0. The standard InChI is InChI=1S/C9H17N5/c1-4-7-6-8(9(11-3)12-10)14(5-2)13-7/h6H,4-5,10H2,1-3H3,(H,11,12). The fraction of sp³-hybridized carbons (Fsp3) is 0.556. The lowest BCUT2D eigenvalue weighted by atomic mass is 10.3. The first-order valence-electron chi connectivity index (χ1n) is 4.77. The molecule has 0 saturated heterocycles. The first kappa shape index (κ1) is 10.7. The zero-order chi connectivity index (χ0) is 10.6. The van der Waals surface area contributed by atoms with E-state index in [0.29, 0.717) is 5.84 Å². The smallest absolute Gasteiger partial charge is 0.160 e. The molecule has 14 heavy (non-hydrogen) atoms. The molecular formula is C9H17N5. The van der Waals surface area contributed by atoms with Gasteiger partial charge in [0.1, 0.15) is 5.69 Å². The van der Waals surface area contributed by atoms with Gasteiger partial charge >= 0.3 is 0 Å². The summed E-state index contributed by atoms with van der Waals surface area (Å²) in [5.41, 5.74) is 4.56. The van der Waals surface area contributed by atoms with Crippen LogP contribution in [0.2, 0.25) is 0 Å². The molecule has 5 heteroatoms. The molecule has 0 aromatic carbocycles. The van der Waals surface area contributed by atoms with Gasteiger partial charge in [-0.05, 0) is 19.4 Å². The van der Waals surface area contributed by atoms with Crippen LogP contribution in [0, 0.1) is 0 Å². The molecule has 78 valence electrons. The van der Waals surface area contributed by atoms with Crippen LogP contribution >= 0.6 is 0 Å². The van der Waals surface area contributed by atoms with Gasteiger partial charge in [0, 0.05) is 13.6 Å². The summed E-state index contributed by atoms with van der Waals surface area (Å²) in [6.45, 7) is 4.93. The van der Waals surface area contributed by atoms with Gasteiger partial charge in [0.2, 0.25) is 0 Å². The second-order valence-corrected chi connectivity index (χ2v) is 2.91. The molecule has 0 spiro atoms. The highest BCUT2D eigenvalue weighted by molar-refractivity contribution is 5.96. The molecule has 3 N–H and O–H groups in total. The minimum atomic E-state index is 0.666. The summed E-state index contributed by atoms with van der Waals surface area (Å²) in [6, 6.07) is 2.01. The second-order valence-electron chi connectivity index (χ2n) is 2.91. The average Bonchev–Trinajstić information content (AvgIpc) is 2.63. The van der Waals surface area contributed by atoms with Crippen LogP contribution in [-0.4, -0.2) is 22.7 Å². The summed E-state index contributed by atoms with van der Waals surface area (Å²) in [7, 11) is 1.70. The maximum Gasteiger partial charge on any atom is 0.160 e. The Kier molecular flexibility index (Phi) is 3.64. The van der Waals surface area contributed by atoms with Gasteiger partial charge in [-0.3, -0.25) is 9.67 Å². The van der Waals surface area contributed by atoms with Gasteiger partial charge in [-0.2, -0.15) is 5.10 Å². The maximum absolute atomic E-state index is 5.37. The predicted molar refractivity (Wildman–Crippen MR) is 57.1 cm³/mol. The van der Waals surface area contributed by atoms with Crippen LogP contribution in [0.4, 0.5) is 0 Å². The first-order valence-corrected chi connectivity index (χ1v) is 4.77. The molecule has 1 aromatic rings. The average molecular weight is 195 g/mol. The van der Waals surface area contributed by atoms with Crippen molar-refractivity contribution >= 4 is 5.84 Å². The molecule has 0 unspecified atom stereocenters. The van der Waals surface area contributed by atoms with Crippen molar-refractivity contribution in [2.75, 3.05) is 7.05 Å². The summed E-state index contributed by atoms with van der Waals surface area (Å²) in [6.07, 6.45) is 0.918. The monoisotopic (exact) mass is 195 g/mol. The number of aryl methyl sites for hydroxylation is 2. The Bertz CT molecular complexity index is 326. The number of hydrogen-bond acceptors (Lipinski definition) is 3. The van der Waals surface area contributed by atoms with Crippen molar-refractivity contribution in [2.45, 2.75) is 26.8 Å². The lowest BCUT2D eigenvalue weighted by Crippen LogP contribution is -2.32. The van der Waals surface area contributed by atoms with E-state index in [0.717, 1.165) is 24.4 Å². The lowest BCUT2D eigenvalue weighted by molar-refractivity contribution is 0.640. The molecule has 0 atom stereocenters. The first-order chi connectivity index (χ1) is 6.76. The Morgan fingerprint density at radius 1 is 1.64 bits per heavy atom. The molecule has 1 aromatic heterocycles. The third-order valence-electron chi connectivity index (χ3n) is 2.10. The lowest BCUT2D eigenvalue weighted by Gasteiger charge is -2.05. The molecule has 0 bridgehead atoms. The Hall–Kier alpha value is -1.36. The maximum atomic E-state index is 5.37. The highest BCUT2D eigenvalue weighted by Crippen LogP contribution is 2.05. The van der Waals surface area contributed by atoms with Gasteiger partial charge < -0.3 is 5.43 Å². The van der Waals surface area contributed by atoms with E-state index in [1.807, 2.05) is 17.7 Å². The zero-order valence-corrected chi connectivity index (χ0v) is 8.91. The van der Waals surface area contributed by atoms with E-state index >= 15 is 0 Å². The third-order valence-corrected chi connectivity index (χ3v) is 2.10. The van der Waals surface area contributed by atoms with Crippen molar-refractivity contribution in [3.05, 3.63) is 17.5 Å². The van der Waals surface area contributed by atoms with Crippen LogP contribution in [0.15, 0.2) is 11.1 Å². The van der Waals surface area contributed by atoms with E-state index in [1.165, 1.54) is 0 Å².